The highest BCUT2D eigenvalue weighted by Crippen LogP contribution is 2.28. The normalized spacial score (nSPS) is 11.0. The maximum absolute atomic E-state index is 12.5. The fourth-order valence-electron chi connectivity index (χ4n) is 2.64. The summed E-state index contributed by atoms with van der Waals surface area (Å²) in [6.07, 6.45) is 2.33. The number of benzene rings is 1. The molecule has 0 aliphatic rings. The lowest BCUT2D eigenvalue weighted by Crippen LogP contribution is -2.25. The molecule has 0 fully saturated rings. The number of carbonyl (C=O) groups is 1. The first-order valence-electron chi connectivity index (χ1n) is 8.14. The second-order valence-corrected chi connectivity index (χ2v) is 5.64. The van der Waals surface area contributed by atoms with E-state index in [9.17, 15) is 4.79 Å². The minimum absolute atomic E-state index is 0.157. The minimum Gasteiger partial charge on any atom is -0.497 e. The molecule has 3 rings (SSSR count). The van der Waals surface area contributed by atoms with Crippen LogP contribution in [0.1, 0.15) is 28.3 Å². The summed E-state index contributed by atoms with van der Waals surface area (Å²) in [6.45, 7) is 3.28. The Kier molecular flexibility index (Phi) is 5.40. The Morgan fingerprint density at radius 1 is 1.28 bits per heavy atom. The molecular weight excluding hydrogens is 322 g/mol. The van der Waals surface area contributed by atoms with E-state index in [0.29, 0.717) is 48.8 Å². The molecule has 6 nitrogen and oxygen atoms in total. The lowest BCUT2D eigenvalue weighted by Gasteiger charge is -2.06. The van der Waals surface area contributed by atoms with Crippen molar-refractivity contribution in [3.8, 4) is 5.75 Å². The zero-order valence-corrected chi connectivity index (χ0v) is 14.3. The van der Waals surface area contributed by atoms with Gasteiger partial charge in [-0.3, -0.25) is 4.79 Å². The van der Waals surface area contributed by atoms with Crippen molar-refractivity contribution in [1.29, 1.82) is 0 Å². The van der Waals surface area contributed by atoms with E-state index in [-0.39, 0.29) is 5.91 Å². The quantitative estimate of drug-likeness (QED) is 0.632. The number of amides is 1. The summed E-state index contributed by atoms with van der Waals surface area (Å²) >= 11 is 0. The Bertz CT molecular complexity index is 835. The maximum atomic E-state index is 12.5. The van der Waals surface area contributed by atoms with Crippen LogP contribution < -0.4 is 10.1 Å². The first kappa shape index (κ1) is 17.1. The van der Waals surface area contributed by atoms with Gasteiger partial charge in [-0.15, -0.1) is 0 Å². The first-order chi connectivity index (χ1) is 12.2. The Morgan fingerprint density at radius 3 is 2.92 bits per heavy atom. The van der Waals surface area contributed by atoms with Crippen LogP contribution in [0.3, 0.4) is 0 Å². The van der Waals surface area contributed by atoms with Crippen molar-refractivity contribution in [3.63, 3.8) is 0 Å². The number of carbonyl (C=O) groups excluding carboxylic acids is 1. The van der Waals surface area contributed by atoms with Gasteiger partial charge in [0.2, 0.25) is 0 Å². The molecule has 1 N–H and O–H groups in total. The number of hydrogen-bond acceptors (Lipinski definition) is 5. The van der Waals surface area contributed by atoms with Gasteiger partial charge < -0.3 is 23.6 Å². The summed E-state index contributed by atoms with van der Waals surface area (Å²) in [6, 6.07) is 9.12. The van der Waals surface area contributed by atoms with Gasteiger partial charge in [-0.25, -0.2) is 0 Å². The van der Waals surface area contributed by atoms with Crippen molar-refractivity contribution >= 4 is 16.9 Å². The van der Waals surface area contributed by atoms with Crippen LogP contribution in [0.5, 0.6) is 5.75 Å². The molecule has 0 aliphatic carbocycles. The third-order valence-corrected chi connectivity index (χ3v) is 3.87. The number of fused-ring (bicyclic) bond motifs is 1. The highest BCUT2D eigenvalue weighted by molar-refractivity contribution is 6.07. The zero-order chi connectivity index (χ0) is 17.6. The lowest BCUT2D eigenvalue weighted by molar-refractivity contribution is 0.0917. The molecule has 6 heteroatoms. The van der Waals surface area contributed by atoms with Crippen LogP contribution in [0, 0.1) is 6.92 Å². The highest BCUT2D eigenvalue weighted by Gasteiger charge is 2.18. The van der Waals surface area contributed by atoms with Crippen molar-refractivity contribution in [2.45, 2.75) is 20.0 Å². The summed E-state index contributed by atoms with van der Waals surface area (Å²) in [4.78, 5) is 12.5. The Hall–Kier alpha value is -2.73. The molecule has 0 unspecified atom stereocenters. The fourth-order valence-corrected chi connectivity index (χ4v) is 2.64. The molecule has 2 heterocycles. The van der Waals surface area contributed by atoms with E-state index in [2.05, 4.69) is 5.32 Å². The summed E-state index contributed by atoms with van der Waals surface area (Å²) in [5, 5.41) is 3.66. The average Bonchev–Trinajstić information content (AvgIpc) is 3.23. The molecule has 25 heavy (non-hydrogen) atoms. The van der Waals surface area contributed by atoms with Crippen LogP contribution >= 0.6 is 0 Å². The summed E-state index contributed by atoms with van der Waals surface area (Å²) in [5.74, 6) is 1.91. The van der Waals surface area contributed by atoms with E-state index in [4.69, 9.17) is 18.3 Å². The van der Waals surface area contributed by atoms with E-state index in [1.165, 1.54) is 0 Å². The van der Waals surface area contributed by atoms with Gasteiger partial charge in [-0.05, 0) is 43.7 Å². The van der Waals surface area contributed by atoms with Crippen LogP contribution in [0.2, 0.25) is 0 Å². The maximum Gasteiger partial charge on any atom is 0.255 e. The van der Waals surface area contributed by atoms with Crippen molar-refractivity contribution in [1.82, 2.24) is 5.32 Å². The number of furan rings is 2. The van der Waals surface area contributed by atoms with E-state index in [1.807, 2.05) is 24.3 Å². The smallest absolute Gasteiger partial charge is 0.255 e. The highest BCUT2D eigenvalue weighted by atomic mass is 16.5. The van der Waals surface area contributed by atoms with E-state index >= 15 is 0 Å². The number of nitrogens with one attached hydrogen (secondary N) is 1. The lowest BCUT2D eigenvalue weighted by atomic mass is 10.1. The molecule has 1 amide bonds. The van der Waals surface area contributed by atoms with Crippen LogP contribution in [0.4, 0.5) is 0 Å². The third-order valence-electron chi connectivity index (χ3n) is 3.87. The van der Waals surface area contributed by atoms with Gasteiger partial charge in [0, 0.05) is 18.5 Å². The molecule has 0 atom stereocenters. The SMILES string of the molecule is COc1ccc2oc(C)c(C(=O)NCCCOCc3ccco3)c2c1. The first-order valence-corrected chi connectivity index (χ1v) is 8.14. The molecule has 0 radical (unpaired) electrons. The van der Waals surface area contributed by atoms with Gasteiger partial charge in [0.1, 0.15) is 29.5 Å². The number of aryl methyl sites for hydroxylation is 1. The van der Waals surface area contributed by atoms with Gasteiger partial charge in [0.05, 0.1) is 18.9 Å². The van der Waals surface area contributed by atoms with Crippen molar-refractivity contribution in [2.75, 3.05) is 20.3 Å². The largest absolute Gasteiger partial charge is 0.497 e. The van der Waals surface area contributed by atoms with Crippen LogP contribution in [0.25, 0.3) is 11.0 Å². The molecule has 1 aromatic carbocycles. The van der Waals surface area contributed by atoms with Gasteiger partial charge in [0.15, 0.2) is 0 Å². The van der Waals surface area contributed by atoms with E-state index in [1.54, 1.807) is 26.4 Å². The summed E-state index contributed by atoms with van der Waals surface area (Å²) in [7, 11) is 1.59. The van der Waals surface area contributed by atoms with Crippen LogP contribution in [-0.2, 0) is 11.3 Å². The van der Waals surface area contributed by atoms with Gasteiger partial charge in [-0.1, -0.05) is 0 Å². The van der Waals surface area contributed by atoms with Crippen LogP contribution in [0.15, 0.2) is 45.4 Å². The monoisotopic (exact) mass is 343 g/mol. The molecule has 132 valence electrons. The van der Waals surface area contributed by atoms with Gasteiger partial charge in [-0.2, -0.15) is 0 Å². The predicted molar refractivity (Wildman–Crippen MR) is 92.8 cm³/mol. The predicted octanol–water partition coefficient (Wildman–Crippen LogP) is 3.68. The number of ether oxygens (including phenoxy) is 2. The Morgan fingerprint density at radius 2 is 2.16 bits per heavy atom. The molecule has 0 saturated carbocycles. The second kappa shape index (κ2) is 7.90. The third kappa shape index (κ3) is 4.03. The molecule has 0 bridgehead atoms. The topological polar surface area (TPSA) is 73.8 Å². The zero-order valence-electron chi connectivity index (χ0n) is 14.3. The second-order valence-electron chi connectivity index (χ2n) is 5.64. The average molecular weight is 343 g/mol. The van der Waals surface area contributed by atoms with Gasteiger partial charge in [0.25, 0.3) is 5.91 Å². The number of rotatable bonds is 8. The fraction of sp³-hybridized carbons (Fsp3) is 0.316. The van der Waals surface area contributed by atoms with Crippen molar-refractivity contribution in [2.24, 2.45) is 0 Å². The number of hydrogen-bond donors (Lipinski definition) is 1. The Balaban J connectivity index is 1.52. The van der Waals surface area contributed by atoms with Crippen molar-refractivity contribution in [3.05, 3.63) is 53.7 Å². The summed E-state index contributed by atoms with van der Waals surface area (Å²) in [5.41, 5.74) is 1.22. The molecule has 3 aromatic rings. The van der Waals surface area contributed by atoms with E-state index in [0.717, 1.165) is 11.1 Å². The molecule has 0 aliphatic heterocycles. The molecular formula is C19H21NO5. The van der Waals surface area contributed by atoms with Crippen LogP contribution in [-0.4, -0.2) is 26.2 Å². The van der Waals surface area contributed by atoms with Crippen molar-refractivity contribution < 1.29 is 23.1 Å². The molecule has 2 aromatic heterocycles. The molecule has 0 spiro atoms. The number of methoxy groups -OCH3 is 1. The van der Waals surface area contributed by atoms with E-state index < -0.39 is 0 Å². The summed E-state index contributed by atoms with van der Waals surface area (Å²) < 4.78 is 21.6. The minimum atomic E-state index is -0.157. The molecule has 0 saturated heterocycles. The standard InChI is InChI=1S/C19H21NO5/c1-13-18(16-11-14(22-2)6-7-17(16)25-13)19(21)20-8-4-9-23-12-15-5-3-10-24-15/h3,5-7,10-11H,4,8-9,12H2,1-2H3,(H,20,21). The van der Waals surface area contributed by atoms with Gasteiger partial charge >= 0.3 is 0 Å². The Labute approximate surface area is 145 Å².